The van der Waals surface area contributed by atoms with E-state index in [2.05, 4.69) is 10.6 Å². The molecule has 4 heteroatoms. The summed E-state index contributed by atoms with van der Waals surface area (Å²) in [4.78, 5) is 10.1. The van der Waals surface area contributed by atoms with Gasteiger partial charge in [-0.2, -0.15) is 0 Å². The Hall–Kier alpha value is -0.640. The summed E-state index contributed by atoms with van der Waals surface area (Å²) >= 11 is 4.81. The maximum Gasteiger partial charge on any atom is 0.166 e. The summed E-state index contributed by atoms with van der Waals surface area (Å²) < 4.78 is 0. The maximum atomic E-state index is 10.1. The van der Waals surface area contributed by atoms with Crippen LogP contribution in [0.2, 0.25) is 0 Å². The zero-order valence-electron chi connectivity index (χ0n) is 9.97. The van der Waals surface area contributed by atoms with E-state index in [1.807, 2.05) is 27.7 Å². The Bertz CT molecular complexity index is 179. The maximum absolute atomic E-state index is 10.1. The van der Waals surface area contributed by atoms with Crippen LogP contribution in [0.25, 0.3) is 0 Å². The lowest BCUT2D eigenvalue weighted by molar-refractivity contribution is -0.119. The van der Waals surface area contributed by atoms with Crippen LogP contribution in [0, 0.1) is 5.92 Å². The summed E-state index contributed by atoms with van der Waals surface area (Å²) in [5, 5.41) is 6.54. The normalized spacial score (nSPS) is 8.53. The average molecular weight is 234 g/mol. The topological polar surface area (TPSA) is 41.1 Å². The third-order valence-corrected chi connectivity index (χ3v) is 1.78. The van der Waals surface area contributed by atoms with E-state index in [-0.39, 0.29) is 19.1 Å². The van der Waals surface area contributed by atoms with E-state index in [4.69, 9.17) is 12.2 Å². The molecule has 0 spiro atoms. The fourth-order valence-electron chi connectivity index (χ4n) is 0.334. The number of thiocarbonyl (C=S) groups is 1. The third-order valence-electron chi connectivity index (χ3n) is 1.46. The molecule has 0 unspecified atom stereocenters. The molecule has 0 rings (SSSR count). The Morgan fingerprint density at radius 2 is 1.53 bits per heavy atom. The molecule has 0 fully saturated rings. The second-order valence-corrected chi connectivity index (χ2v) is 4.05. The number of carbonyl (C=O) groups is 1. The molecule has 0 aromatic rings. The molecule has 0 amide bonds. The SMILES string of the molecule is C.CC(=O)C(C)C.CNC(=S)NC(C)C. The largest absolute Gasteiger partial charge is 0.366 e. The molecule has 2 N–H and O–H groups in total. The lowest BCUT2D eigenvalue weighted by Gasteiger charge is -2.08. The van der Waals surface area contributed by atoms with Crippen LogP contribution in [0.1, 0.15) is 42.0 Å². The van der Waals surface area contributed by atoms with Gasteiger partial charge in [0, 0.05) is 19.0 Å². The van der Waals surface area contributed by atoms with Gasteiger partial charge in [-0.15, -0.1) is 0 Å². The fraction of sp³-hybridized carbons (Fsp3) is 0.818. The lowest BCUT2D eigenvalue weighted by atomic mass is 10.1. The standard InChI is InChI=1S/C5H12N2S.C5H10O.CH4/c1-4(2)7-5(8)6-3;1-4(2)5(3)6;/h4H,1-3H3,(H2,6,7,8);4H,1-3H3;1H4. The molecule has 0 aromatic carbocycles. The number of Topliss-reactive ketones (excluding diaryl/α,β-unsaturated/α-hetero) is 1. The van der Waals surface area contributed by atoms with Crippen molar-refractivity contribution in [2.45, 2.75) is 48.1 Å². The summed E-state index contributed by atoms with van der Waals surface area (Å²) in [5.74, 6) is 0.472. The molecule has 0 radical (unpaired) electrons. The number of hydrogen-bond donors (Lipinski definition) is 2. The van der Waals surface area contributed by atoms with E-state index in [1.165, 1.54) is 0 Å². The molecule has 0 aromatic heterocycles. The van der Waals surface area contributed by atoms with Crippen molar-refractivity contribution in [3.8, 4) is 0 Å². The van der Waals surface area contributed by atoms with Crippen molar-refractivity contribution in [3.05, 3.63) is 0 Å². The Morgan fingerprint density at radius 1 is 1.20 bits per heavy atom. The zero-order chi connectivity index (χ0) is 11.7. The first-order valence-electron chi connectivity index (χ1n) is 4.79. The summed E-state index contributed by atoms with van der Waals surface area (Å²) in [6, 6.07) is 0.426. The average Bonchev–Trinajstić information content (AvgIpc) is 2.04. The van der Waals surface area contributed by atoms with Crippen LogP contribution in [-0.4, -0.2) is 24.0 Å². The lowest BCUT2D eigenvalue weighted by Crippen LogP contribution is -2.36. The molecule has 0 aliphatic carbocycles. The van der Waals surface area contributed by atoms with E-state index in [0.717, 1.165) is 0 Å². The number of hydrogen-bond acceptors (Lipinski definition) is 2. The highest BCUT2D eigenvalue weighted by atomic mass is 32.1. The predicted octanol–water partition coefficient (Wildman–Crippen LogP) is 2.36. The van der Waals surface area contributed by atoms with Gasteiger partial charge in [0.15, 0.2) is 5.11 Å². The van der Waals surface area contributed by atoms with Gasteiger partial charge >= 0.3 is 0 Å². The molecule has 0 aliphatic heterocycles. The van der Waals surface area contributed by atoms with Crippen molar-refractivity contribution >= 4 is 23.1 Å². The molecule has 0 saturated carbocycles. The Balaban J connectivity index is -0.000000187. The third kappa shape index (κ3) is 19.7. The van der Waals surface area contributed by atoms with Gasteiger partial charge < -0.3 is 10.6 Å². The van der Waals surface area contributed by atoms with Gasteiger partial charge in [0.1, 0.15) is 5.78 Å². The molecule has 0 saturated heterocycles. The monoisotopic (exact) mass is 234 g/mol. The molecular formula is C11H26N2OS. The minimum Gasteiger partial charge on any atom is -0.366 e. The summed E-state index contributed by atoms with van der Waals surface area (Å²) in [6.07, 6.45) is 0. The number of nitrogens with one attached hydrogen (secondary N) is 2. The van der Waals surface area contributed by atoms with Crippen LogP contribution in [0.3, 0.4) is 0 Å². The summed E-state index contributed by atoms with van der Waals surface area (Å²) in [7, 11) is 1.80. The van der Waals surface area contributed by atoms with E-state index in [9.17, 15) is 4.79 Å². The minimum absolute atomic E-state index is 0. The van der Waals surface area contributed by atoms with Crippen LogP contribution < -0.4 is 10.6 Å². The van der Waals surface area contributed by atoms with Gasteiger partial charge in [0.05, 0.1) is 0 Å². The number of carbonyl (C=O) groups excluding carboxylic acids is 1. The van der Waals surface area contributed by atoms with Crippen molar-refractivity contribution in [2.24, 2.45) is 5.92 Å². The van der Waals surface area contributed by atoms with Gasteiger partial charge in [-0.1, -0.05) is 21.3 Å². The molecular weight excluding hydrogens is 208 g/mol. The fourth-order valence-corrected chi connectivity index (χ4v) is 0.570. The van der Waals surface area contributed by atoms with Crippen LogP contribution >= 0.6 is 12.2 Å². The highest BCUT2D eigenvalue weighted by Crippen LogP contribution is 1.89. The van der Waals surface area contributed by atoms with Gasteiger partial charge in [0.2, 0.25) is 0 Å². The summed E-state index contributed by atoms with van der Waals surface area (Å²) in [5.41, 5.74) is 0. The highest BCUT2D eigenvalue weighted by molar-refractivity contribution is 7.80. The van der Waals surface area contributed by atoms with Gasteiger partial charge in [-0.25, -0.2) is 0 Å². The minimum atomic E-state index is 0. The van der Waals surface area contributed by atoms with E-state index < -0.39 is 0 Å². The molecule has 15 heavy (non-hydrogen) atoms. The quantitative estimate of drug-likeness (QED) is 0.720. The van der Waals surface area contributed by atoms with Crippen LogP contribution in [0.5, 0.6) is 0 Å². The van der Waals surface area contributed by atoms with Gasteiger partial charge in [-0.05, 0) is 33.0 Å². The Labute approximate surface area is 100 Å². The molecule has 0 heterocycles. The first kappa shape index (κ1) is 19.9. The van der Waals surface area contributed by atoms with E-state index in [0.29, 0.717) is 11.2 Å². The number of rotatable bonds is 2. The highest BCUT2D eigenvalue weighted by Gasteiger charge is 1.95. The van der Waals surface area contributed by atoms with Crippen LogP contribution in [0.4, 0.5) is 0 Å². The van der Waals surface area contributed by atoms with Crippen molar-refractivity contribution < 1.29 is 4.79 Å². The molecule has 3 nitrogen and oxygen atoms in total. The summed E-state index contributed by atoms with van der Waals surface area (Å²) in [6.45, 7) is 9.47. The van der Waals surface area contributed by atoms with Crippen molar-refractivity contribution in [2.75, 3.05) is 7.05 Å². The van der Waals surface area contributed by atoms with Crippen molar-refractivity contribution in [1.29, 1.82) is 0 Å². The van der Waals surface area contributed by atoms with Crippen LogP contribution in [0.15, 0.2) is 0 Å². The Kier molecular flexibility index (Phi) is 15.1. The predicted molar refractivity (Wildman–Crippen MR) is 72.2 cm³/mol. The molecule has 0 bridgehead atoms. The van der Waals surface area contributed by atoms with Gasteiger partial charge in [-0.3, -0.25) is 4.79 Å². The first-order chi connectivity index (χ1) is 6.31. The van der Waals surface area contributed by atoms with Gasteiger partial charge in [0.25, 0.3) is 0 Å². The van der Waals surface area contributed by atoms with Crippen LogP contribution in [-0.2, 0) is 4.79 Å². The first-order valence-corrected chi connectivity index (χ1v) is 5.20. The number of ketones is 1. The zero-order valence-corrected chi connectivity index (χ0v) is 10.8. The van der Waals surface area contributed by atoms with Crippen molar-refractivity contribution in [1.82, 2.24) is 10.6 Å². The second kappa shape index (κ2) is 11.4. The molecule has 92 valence electrons. The second-order valence-electron chi connectivity index (χ2n) is 3.64. The van der Waals surface area contributed by atoms with E-state index >= 15 is 0 Å². The van der Waals surface area contributed by atoms with E-state index in [1.54, 1.807) is 14.0 Å². The smallest absolute Gasteiger partial charge is 0.166 e. The molecule has 0 atom stereocenters. The molecule has 0 aliphatic rings. The Morgan fingerprint density at radius 3 is 1.60 bits per heavy atom. The van der Waals surface area contributed by atoms with Crippen molar-refractivity contribution in [3.63, 3.8) is 0 Å².